The lowest BCUT2D eigenvalue weighted by Gasteiger charge is -2.29. The molecule has 2 heterocycles. The molecule has 0 atom stereocenters. The van der Waals surface area contributed by atoms with E-state index in [1.54, 1.807) is 0 Å². The average molecular weight is 975 g/mol. The van der Waals surface area contributed by atoms with Crippen molar-refractivity contribution in [2.75, 3.05) is 26.4 Å². The van der Waals surface area contributed by atoms with Gasteiger partial charge >= 0.3 is 0 Å². The first-order chi connectivity index (χ1) is 36.3. The van der Waals surface area contributed by atoms with Crippen molar-refractivity contribution in [2.24, 2.45) is 35.5 Å². The van der Waals surface area contributed by atoms with Crippen molar-refractivity contribution < 1.29 is 9.47 Å². The normalized spacial score (nSPS) is 20.4. The molecule has 0 bridgehead atoms. The Morgan fingerprint density at radius 2 is 0.676 bits per heavy atom. The van der Waals surface area contributed by atoms with Crippen LogP contribution in [0.15, 0.2) is 158 Å². The predicted octanol–water partition coefficient (Wildman–Crippen LogP) is 17.0. The smallest absolute Gasteiger partial charge is 0.0519 e. The highest BCUT2D eigenvalue weighted by Crippen LogP contribution is 2.41. The molecule has 2 heteroatoms. The highest BCUT2D eigenvalue weighted by Gasteiger charge is 2.25. The summed E-state index contributed by atoms with van der Waals surface area (Å²) in [6.45, 7) is 8.18. The molecule has 4 fully saturated rings. The molecule has 2 nitrogen and oxygen atoms in total. The summed E-state index contributed by atoms with van der Waals surface area (Å²) in [4.78, 5) is 0. The molecule has 2 aliphatic heterocycles. The molecule has 378 valence electrons. The van der Waals surface area contributed by atoms with Crippen LogP contribution < -0.4 is 0 Å². The molecule has 74 heavy (non-hydrogen) atoms. The Bertz CT molecular complexity index is 3140. The minimum Gasteiger partial charge on any atom is -0.381 e. The second-order valence-electron chi connectivity index (χ2n) is 24.1. The highest BCUT2D eigenvalue weighted by atomic mass is 16.5. The first-order valence-corrected chi connectivity index (χ1v) is 28.9. The fraction of sp³-hybridized carbons (Fsp3) is 0.389. The van der Waals surface area contributed by atoms with E-state index in [1.807, 2.05) is 0 Å². The first-order valence-electron chi connectivity index (χ1n) is 28.9. The summed E-state index contributed by atoms with van der Waals surface area (Å²) in [5, 5.41) is 5.33. The Morgan fingerprint density at radius 1 is 0.311 bits per heavy atom. The van der Waals surface area contributed by atoms with Gasteiger partial charge in [0.1, 0.15) is 0 Å². The van der Waals surface area contributed by atoms with E-state index in [2.05, 4.69) is 172 Å². The van der Waals surface area contributed by atoms with Gasteiger partial charge in [-0.05, 0) is 229 Å². The molecular weight excluding hydrogens is 897 g/mol. The van der Waals surface area contributed by atoms with Crippen molar-refractivity contribution in [1.29, 1.82) is 0 Å². The van der Waals surface area contributed by atoms with E-state index in [1.165, 1.54) is 176 Å². The van der Waals surface area contributed by atoms with Crippen LogP contribution in [0.1, 0.15) is 118 Å². The minimum atomic E-state index is 0.721. The molecule has 12 rings (SSSR count). The molecule has 0 amide bonds. The summed E-state index contributed by atoms with van der Waals surface area (Å²) in [5.41, 5.74) is 19.9. The van der Waals surface area contributed by atoms with Crippen molar-refractivity contribution in [3.8, 4) is 11.1 Å². The van der Waals surface area contributed by atoms with Gasteiger partial charge in [-0.25, -0.2) is 0 Å². The largest absolute Gasteiger partial charge is 0.381 e. The number of hydrogen-bond donors (Lipinski definition) is 0. The zero-order valence-corrected chi connectivity index (χ0v) is 44.4. The topological polar surface area (TPSA) is 18.5 Å². The zero-order valence-electron chi connectivity index (χ0n) is 44.4. The minimum absolute atomic E-state index is 0.721. The Hall–Kier alpha value is -5.80. The van der Waals surface area contributed by atoms with E-state index in [4.69, 9.17) is 9.47 Å². The first kappa shape index (κ1) is 49.1. The Morgan fingerprint density at radius 3 is 1.08 bits per heavy atom. The second kappa shape index (κ2) is 22.6. The summed E-state index contributed by atoms with van der Waals surface area (Å²) < 4.78 is 10.8. The van der Waals surface area contributed by atoms with E-state index in [0.717, 1.165) is 87.6 Å². The third kappa shape index (κ3) is 12.0. The van der Waals surface area contributed by atoms with Gasteiger partial charge in [-0.3, -0.25) is 0 Å². The van der Waals surface area contributed by atoms with Crippen LogP contribution in [-0.4, -0.2) is 26.4 Å². The molecule has 0 spiro atoms. The molecule has 0 aromatic heterocycles. The van der Waals surface area contributed by atoms with Crippen LogP contribution in [-0.2, 0) is 60.8 Å². The molecular formula is C72H78O2. The zero-order chi connectivity index (χ0) is 49.8. The van der Waals surface area contributed by atoms with Crippen molar-refractivity contribution in [1.82, 2.24) is 0 Å². The molecule has 2 saturated carbocycles. The maximum Gasteiger partial charge on any atom is 0.0519 e. The third-order valence-corrected chi connectivity index (χ3v) is 18.1. The number of ether oxygens (including phenoxy) is 2. The molecule has 0 unspecified atom stereocenters. The lowest BCUT2D eigenvalue weighted by atomic mass is 9.77. The van der Waals surface area contributed by atoms with Crippen LogP contribution in [0, 0.1) is 49.4 Å². The molecule has 0 N–H and O–H groups in total. The van der Waals surface area contributed by atoms with Crippen LogP contribution in [0.2, 0.25) is 0 Å². The molecule has 2 aliphatic carbocycles. The van der Waals surface area contributed by atoms with Gasteiger partial charge in [-0.1, -0.05) is 169 Å². The van der Waals surface area contributed by atoms with Crippen LogP contribution >= 0.6 is 0 Å². The standard InChI is InChI=1S/C72H78O2/c1-49-4-32-70-66(33-49)29-30-67(42-62-27-25-58(26-28-62)38-54-11-9-53(10-12-54)37-57-17-23-61(24-18-57)41-65-47-74-48-65)72(70)71-44-63(43-68-34-50(2)3-31-69(68)71)39-59-19-13-55(14-20-59)35-51-5-7-52(8-6-51)36-56-15-21-60(22-16-56)40-64-45-73-46-64/h3-4,13-34,43-44,51-54,64-65H,5-12,35-42,45-48H2,1-2H3. The Labute approximate surface area is 443 Å². The maximum atomic E-state index is 5.39. The fourth-order valence-electron chi connectivity index (χ4n) is 13.6. The van der Waals surface area contributed by atoms with Crippen molar-refractivity contribution >= 4 is 21.5 Å². The third-order valence-electron chi connectivity index (χ3n) is 18.1. The summed E-state index contributed by atoms with van der Waals surface area (Å²) in [7, 11) is 0. The quantitative estimate of drug-likeness (QED) is 0.0905. The van der Waals surface area contributed by atoms with E-state index < -0.39 is 0 Å². The van der Waals surface area contributed by atoms with Gasteiger partial charge in [-0.15, -0.1) is 0 Å². The lowest BCUT2D eigenvalue weighted by molar-refractivity contribution is -0.0312. The summed E-state index contributed by atoms with van der Waals surface area (Å²) >= 11 is 0. The molecule has 4 aliphatic rings. The summed E-state index contributed by atoms with van der Waals surface area (Å²) in [5.74, 6) is 4.66. The van der Waals surface area contributed by atoms with Crippen molar-refractivity contribution in [3.63, 3.8) is 0 Å². The number of hydrogen-bond acceptors (Lipinski definition) is 2. The van der Waals surface area contributed by atoms with Crippen molar-refractivity contribution in [2.45, 2.75) is 117 Å². The predicted molar refractivity (Wildman–Crippen MR) is 309 cm³/mol. The number of rotatable bonds is 17. The molecule has 8 aromatic rings. The summed E-state index contributed by atoms with van der Waals surface area (Å²) in [6.07, 6.45) is 19.8. The SMILES string of the molecule is Cc1ccc2c(-c3c(Cc4ccc(CC5CCC(Cc6ccc(CC7COC7)cc6)CC5)cc4)ccc4cc(C)ccc34)cc(Cc3ccc(CC4CCC(Cc5ccc(CC6COC6)cc5)CC4)cc3)cc2c1. The Balaban J connectivity index is 0.701. The molecule has 0 radical (unpaired) electrons. The maximum absolute atomic E-state index is 5.39. The van der Waals surface area contributed by atoms with Gasteiger partial charge in [0.15, 0.2) is 0 Å². The lowest BCUT2D eigenvalue weighted by Crippen LogP contribution is -2.29. The van der Waals surface area contributed by atoms with Gasteiger partial charge in [0.2, 0.25) is 0 Å². The van der Waals surface area contributed by atoms with E-state index >= 15 is 0 Å². The number of benzene rings is 8. The van der Waals surface area contributed by atoms with Gasteiger partial charge < -0.3 is 9.47 Å². The van der Waals surface area contributed by atoms with E-state index in [9.17, 15) is 0 Å². The number of aryl methyl sites for hydroxylation is 2. The highest BCUT2D eigenvalue weighted by molar-refractivity contribution is 6.07. The van der Waals surface area contributed by atoms with E-state index in [-0.39, 0.29) is 0 Å². The fourth-order valence-corrected chi connectivity index (χ4v) is 13.6. The van der Waals surface area contributed by atoms with Crippen molar-refractivity contribution in [3.05, 3.63) is 224 Å². The second-order valence-corrected chi connectivity index (χ2v) is 24.1. The summed E-state index contributed by atoms with van der Waals surface area (Å²) in [6, 6.07) is 62.4. The average Bonchev–Trinajstić information content (AvgIpc) is 3.39. The van der Waals surface area contributed by atoms with Crippen LogP contribution in [0.4, 0.5) is 0 Å². The van der Waals surface area contributed by atoms with Gasteiger partial charge in [0.05, 0.1) is 26.4 Å². The van der Waals surface area contributed by atoms with E-state index in [0.29, 0.717) is 0 Å². The molecule has 8 aromatic carbocycles. The molecule has 2 saturated heterocycles. The van der Waals surface area contributed by atoms with Crippen LogP contribution in [0.25, 0.3) is 32.7 Å². The van der Waals surface area contributed by atoms with Crippen LogP contribution in [0.3, 0.4) is 0 Å². The van der Waals surface area contributed by atoms with Crippen LogP contribution in [0.5, 0.6) is 0 Å². The van der Waals surface area contributed by atoms with Gasteiger partial charge in [-0.2, -0.15) is 0 Å². The Kier molecular flexibility index (Phi) is 15.0. The monoisotopic (exact) mass is 975 g/mol. The van der Waals surface area contributed by atoms with Gasteiger partial charge in [0.25, 0.3) is 0 Å². The number of fused-ring (bicyclic) bond motifs is 2. The van der Waals surface area contributed by atoms with Gasteiger partial charge in [0, 0.05) is 11.8 Å².